The highest BCUT2D eigenvalue weighted by Gasteiger charge is 2.49. The van der Waals surface area contributed by atoms with Crippen LogP contribution in [0, 0.1) is 11.8 Å². The van der Waals surface area contributed by atoms with Crippen LogP contribution in [0.2, 0.25) is 0 Å². The van der Waals surface area contributed by atoms with E-state index in [2.05, 4.69) is 41.0 Å². The maximum atomic E-state index is 9.80. The molecule has 1 aliphatic carbocycles. The van der Waals surface area contributed by atoms with Gasteiger partial charge in [0.15, 0.2) is 11.9 Å². The van der Waals surface area contributed by atoms with E-state index >= 15 is 0 Å². The number of rotatable bonds is 4. The molecule has 0 bridgehead atoms. The van der Waals surface area contributed by atoms with Crippen LogP contribution in [0.4, 0.5) is 0 Å². The normalized spacial score (nSPS) is 40.6. The van der Waals surface area contributed by atoms with Crippen molar-refractivity contribution in [2.45, 2.75) is 50.6 Å². The van der Waals surface area contributed by atoms with E-state index in [0.717, 1.165) is 25.8 Å². The molecule has 1 unspecified atom stereocenters. The largest absolute Gasteiger partial charge is 0.456 e. The number of amidine groups is 2. The summed E-state index contributed by atoms with van der Waals surface area (Å²) in [5, 5.41) is 12.8. The van der Waals surface area contributed by atoms with E-state index in [4.69, 9.17) is 14.2 Å². The van der Waals surface area contributed by atoms with Crippen molar-refractivity contribution in [3.63, 3.8) is 0 Å². The Morgan fingerprint density at radius 1 is 1.31 bits per heavy atom. The van der Waals surface area contributed by atoms with Crippen LogP contribution in [0.1, 0.15) is 26.2 Å². The number of allylic oxidation sites excluding steroid dienone is 2. The quantitative estimate of drug-likeness (QED) is 0.740. The maximum absolute atomic E-state index is 9.80. The lowest BCUT2D eigenvalue weighted by molar-refractivity contribution is 0.00520. The number of aliphatic hydroxyl groups excluding tert-OH is 1. The standard InChI is InChI=1S/C19H27N3O4/c1-11-5-3-4-6-13(11)7-8-20-18-12(2)21-19(22-18)26-15-10-25-16-14(23)9-24-17(15)16/h3-4,11,13-17,23H,2,5-10H2,1H3,(H,20,21,22)/t11-,13?,14-,15-,16-,17-/m1/s1. The Labute approximate surface area is 153 Å². The molecule has 0 radical (unpaired) electrons. The van der Waals surface area contributed by atoms with Crippen LogP contribution in [0.3, 0.4) is 0 Å². The lowest BCUT2D eigenvalue weighted by atomic mass is 9.82. The van der Waals surface area contributed by atoms with Gasteiger partial charge in [-0.1, -0.05) is 25.7 Å². The van der Waals surface area contributed by atoms with Crippen LogP contribution < -0.4 is 5.32 Å². The predicted molar refractivity (Wildman–Crippen MR) is 98.0 cm³/mol. The van der Waals surface area contributed by atoms with Gasteiger partial charge in [0.05, 0.1) is 18.9 Å². The van der Waals surface area contributed by atoms with Gasteiger partial charge in [-0.3, -0.25) is 4.99 Å². The van der Waals surface area contributed by atoms with Gasteiger partial charge < -0.3 is 24.6 Å². The topological polar surface area (TPSA) is 84.7 Å². The molecular formula is C19H27N3O4. The van der Waals surface area contributed by atoms with Crippen molar-refractivity contribution in [3.05, 3.63) is 24.4 Å². The molecule has 4 rings (SSSR count). The fourth-order valence-electron chi connectivity index (χ4n) is 4.00. The Kier molecular flexibility index (Phi) is 5.11. The van der Waals surface area contributed by atoms with Gasteiger partial charge in [0, 0.05) is 6.54 Å². The van der Waals surface area contributed by atoms with Gasteiger partial charge in [0.2, 0.25) is 0 Å². The molecule has 26 heavy (non-hydrogen) atoms. The first-order valence-corrected chi connectivity index (χ1v) is 9.44. The van der Waals surface area contributed by atoms with Crippen LogP contribution in [-0.2, 0) is 14.2 Å². The average Bonchev–Trinajstić information content (AvgIpc) is 3.29. The summed E-state index contributed by atoms with van der Waals surface area (Å²) in [6, 6.07) is 0.377. The van der Waals surface area contributed by atoms with Crippen LogP contribution >= 0.6 is 0 Å². The Morgan fingerprint density at radius 3 is 2.96 bits per heavy atom. The van der Waals surface area contributed by atoms with Gasteiger partial charge in [-0.2, -0.15) is 4.99 Å². The first-order valence-electron chi connectivity index (χ1n) is 9.44. The summed E-state index contributed by atoms with van der Waals surface area (Å²) in [6.45, 7) is 7.67. The average molecular weight is 361 g/mol. The number of aliphatic imine (C=N–C) groups is 2. The number of aliphatic hydroxyl groups is 1. The van der Waals surface area contributed by atoms with E-state index in [-0.39, 0.29) is 24.9 Å². The third kappa shape index (κ3) is 3.56. The molecule has 142 valence electrons. The maximum Gasteiger partial charge on any atom is 0.296 e. The molecule has 0 saturated carbocycles. The van der Waals surface area contributed by atoms with Gasteiger partial charge in [-0.25, -0.2) is 0 Å². The molecule has 0 aromatic heterocycles. The number of ether oxygens (including phenoxy) is 3. The SMILES string of the molecule is C=C1NC(O[C@@H]2CO[C@H]3[C@@H]2OC[C@H]3O)=NC1=NCCC1CC=CC[C@H]1C. The smallest absolute Gasteiger partial charge is 0.296 e. The summed E-state index contributed by atoms with van der Waals surface area (Å²) >= 11 is 0. The molecule has 3 heterocycles. The van der Waals surface area contributed by atoms with Crippen molar-refractivity contribution in [1.82, 2.24) is 5.32 Å². The molecule has 0 spiro atoms. The zero-order valence-electron chi connectivity index (χ0n) is 15.1. The fraction of sp³-hybridized carbons (Fsp3) is 0.684. The first-order chi connectivity index (χ1) is 12.6. The molecule has 0 amide bonds. The van der Waals surface area contributed by atoms with E-state index in [1.54, 1.807) is 0 Å². The number of fused-ring (bicyclic) bond motifs is 1. The van der Waals surface area contributed by atoms with Crippen molar-refractivity contribution in [2.75, 3.05) is 19.8 Å². The van der Waals surface area contributed by atoms with Crippen molar-refractivity contribution in [2.24, 2.45) is 21.8 Å². The summed E-state index contributed by atoms with van der Waals surface area (Å²) in [5.41, 5.74) is 0.652. The van der Waals surface area contributed by atoms with Gasteiger partial charge in [0.25, 0.3) is 6.02 Å². The molecule has 0 aromatic rings. The van der Waals surface area contributed by atoms with Gasteiger partial charge in [0.1, 0.15) is 18.3 Å². The lowest BCUT2D eigenvalue weighted by Crippen LogP contribution is -2.36. The minimum absolute atomic E-state index is 0.260. The molecule has 3 aliphatic heterocycles. The van der Waals surface area contributed by atoms with Crippen LogP contribution in [0.15, 0.2) is 34.4 Å². The summed E-state index contributed by atoms with van der Waals surface area (Å²) in [5.74, 6) is 2.00. The van der Waals surface area contributed by atoms with E-state index in [0.29, 0.717) is 36.0 Å². The Bertz CT molecular complexity index is 645. The highest BCUT2D eigenvalue weighted by Crippen LogP contribution is 2.29. The summed E-state index contributed by atoms with van der Waals surface area (Å²) < 4.78 is 17.0. The van der Waals surface area contributed by atoms with Crippen LogP contribution in [-0.4, -0.2) is 61.1 Å². The van der Waals surface area contributed by atoms with Gasteiger partial charge in [-0.15, -0.1) is 0 Å². The number of hydrogen-bond donors (Lipinski definition) is 2. The zero-order chi connectivity index (χ0) is 18.1. The molecular weight excluding hydrogens is 334 g/mol. The second-order valence-corrected chi connectivity index (χ2v) is 7.51. The Hall–Kier alpha value is -1.70. The second kappa shape index (κ2) is 7.50. The van der Waals surface area contributed by atoms with Crippen molar-refractivity contribution in [3.8, 4) is 0 Å². The molecule has 2 N–H and O–H groups in total. The molecule has 6 atom stereocenters. The van der Waals surface area contributed by atoms with Crippen LogP contribution in [0.5, 0.6) is 0 Å². The van der Waals surface area contributed by atoms with Crippen molar-refractivity contribution in [1.29, 1.82) is 0 Å². The van der Waals surface area contributed by atoms with Crippen molar-refractivity contribution < 1.29 is 19.3 Å². The molecule has 4 aliphatic rings. The highest BCUT2D eigenvalue weighted by atomic mass is 16.6. The van der Waals surface area contributed by atoms with Gasteiger partial charge in [-0.05, 0) is 31.1 Å². The van der Waals surface area contributed by atoms with E-state index in [1.165, 1.54) is 0 Å². The number of nitrogens with one attached hydrogen (secondary N) is 1. The molecule has 0 aromatic carbocycles. The van der Waals surface area contributed by atoms with Crippen LogP contribution in [0.25, 0.3) is 0 Å². The lowest BCUT2D eigenvalue weighted by Gasteiger charge is -2.24. The summed E-state index contributed by atoms with van der Waals surface area (Å²) in [4.78, 5) is 9.01. The van der Waals surface area contributed by atoms with E-state index < -0.39 is 6.10 Å². The number of hydrogen-bond acceptors (Lipinski definition) is 6. The third-order valence-corrected chi connectivity index (χ3v) is 5.66. The van der Waals surface area contributed by atoms with Crippen molar-refractivity contribution >= 4 is 11.9 Å². The van der Waals surface area contributed by atoms with E-state index in [1.807, 2.05) is 0 Å². The zero-order valence-corrected chi connectivity index (χ0v) is 15.1. The molecule has 7 heteroatoms. The Balaban J connectivity index is 1.31. The summed E-state index contributed by atoms with van der Waals surface area (Å²) in [7, 11) is 0. The second-order valence-electron chi connectivity index (χ2n) is 7.51. The Morgan fingerprint density at radius 2 is 2.12 bits per heavy atom. The number of nitrogens with zero attached hydrogens (tertiary/aromatic N) is 2. The minimum Gasteiger partial charge on any atom is -0.456 e. The van der Waals surface area contributed by atoms with E-state index in [9.17, 15) is 5.11 Å². The molecule has 2 fully saturated rings. The highest BCUT2D eigenvalue weighted by molar-refractivity contribution is 6.11. The predicted octanol–water partition coefficient (Wildman–Crippen LogP) is 1.39. The molecule has 7 nitrogen and oxygen atoms in total. The van der Waals surface area contributed by atoms with Gasteiger partial charge >= 0.3 is 0 Å². The third-order valence-electron chi connectivity index (χ3n) is 5.66. The summed E-state index contributed by atoms with van der Waals surface area (Å²) in [6.07, 6.45) is 6.45. The monoisotopic (exact) mass is 361 g/mol. The fourth-order valence-corrected chi connectivity index (χ4v) is 4.00. The first kappa shape index (κ1) is 17.7. The minimum atomic E-state index is -0.587. The molecule has 2 saturated heterocycles.